The van der Waals surface area contributed by atoms with Crippen molar-refractivity contribution < 1.29 is 0 Å². The highest BCUT2D eigenvalue weighted by Gasteiger charge is 2.17. The van der Waals surface area contributed by atoms with Gasteiger partial charge in [-0.25, -0.2) is 0 Å². The molecule has 1 aliphatic heterocycles. The number of piperazine rings is 1. The van der Waals surface area contributed by atoms with E-state index in [0.717, 1.165) is 13.1 Å². The van der Waals surface area contributed by atoms with Crippen LogP contribution in [0.5, 0.6) is 0 Å². The molecule has 0 atom stereocenters. The van der Waals surface area contributed by atoms with Gasteiger partial charge in [0.1, 0.15) is 0 Å². The molecule has 1 saturated heterocycles. The van der Waals surface area contributed by atoms with Crippen LogP contribution in [0.2, 0.25) is 0 Å². The summed E-state index contributed by atoms with van der Waals surface area (Å²) in [6.07, 6.45) is 4.37. The maximum Gasteiger partial charge on any atom is 0.0443 e. The van der Waals surface area contributed by atoms with Crippen LogP contribution in [0.25, 0.3) is 6.08 Å². The van der Waals surface area contributed by atoms with Crippen LogP contribution in [-0.2, 0) is 0 Å². The van der Waals surface area contributed by atoms with Gasteiger partial charge in [0.2, 0.25) is 0 Å². The zero-order valence-electron chi connectivity index (χ0n) is 11.8. The fourth-order valence-electron chi connectivity index (χ4n) is 2.63. The summed E-state index contributed by atoms with van der Waals surface area (Å²) < 4.78 is 0. The lowest BCUT2D eigenvalue weighted by atomic mass is 10.0. The average molecular weight is 244 g/mol. The number of anilines is 1. The number of likely N-dealkylation sites (N-methyl/N-ethyl adjacent to an activating group) is 1. The van der Waals surface area contributed by atoms with E-state index < -0.39 is 0 Å². The van der Waals surface area contributed by atoms with Crippen molar-refractivity contribution in [3.8, 4) is 0 Å². The second-order valence-corrected chi connectivity index (χ2v) is 4.93. The smallest absolute Gasteiger partial charge is 0.0443 e. The predicted octanol–water partition coefficient (Wildman–Crippen LogP) is 3.17. The molecule has 0 aliphatic carbocycles. The minimum absolute atomic E-state index is 1.14. The molecule has 18 heavy (non-hydrogen) atoms. The van der Waals surface area contributed by atoms with Crippen molar-refractivity contribution in [2.75, 3.05) is 37.6 Å². The van der Waals surface area contributed by atoms with Gasteiger partial charge in [-0.05, 0) is 32.0 Å². The molecule has 0 N–H and O–H groups in total. The first kappa shape index (κ1) is 13.2. The number of hydrogen-bond donors (Lipinski definition) is 0. The van der Waals surface area contributed by atoms with Crippen molar-refractivity contribution in [3.05, 3.63) is 35.4 Å². The van der Waals surface area contributed by atoms with Gasteiger partial charge in [0, 0.05) is 37.4 Å². The summed E-state index contributed by atoms with van der Waals surface area (Å²) >= 11 is 0. The molecule has 2 rings (SSSR count). The molecular weight excluding hydrogens is 220 g/mol. The number of rotatable bonds is 3. The number of aryl methyl sites for hydroxylation is 1. The van der Waals surface area contributed by atoms with E-state index in [1.807, 2.05) is 0 Å². The van der Waals surface area contributed by atoms with Crippen molar-refractivity contribution in [2.45, 2.75) is 20.8 Å². The standard InChI is InChI=1S/C16H24N2/c1-4-7-15-14(3)8-6-9-16(15)18-12-10-17(5-2)11-13-18/h4,6-9H,5,10-13H2,1-3H3/b7-4-. The Balaban J connectivity index is 2.21. The Morgan fingerprint density at radius 3 is 2.50 bits per heavy atom. The Morgan fingerprint density at radius 2 is 1.89 bits per heavy atom. The van der Waals surface area contributed by atoms with Gasteiger partial charge in [-0.2, -0.15) is 0 Å². The van der Waals surface area contributed by atoms with E-state index in [4.69, 9.17) is 0 Å². The third-order valence-electron chi connectivity index (χ3n) is 3.79. The Labute approximate surface area is 111 Å². The molecule has 1 fully saturated rings. The summed E-state index contributed by atoms with van der Waals surface area (Å²) in [6.45, 7) is 12.3. The number of nitrogens with zero attached hydrogens (tertiary/aromatic N) is 2. The minimum atomic E-state index is 1.14. The highest BCUT2D eigenvalue weighted by molar-refractivity contribution is 5.70. The van der Waals surface area contributed by atoms with E-state index in [0.29, 0.717) is 0 Å². The van der Waals surface area contributed by atoms with Crippen molar-refractivity contribution in [1.82, 2.24) is 4.90 Å². The van der Waals surface area contributed by atoms with Gasteiger partial charge in [0.25, 0.3) is 0 Å². The molecular formula is C16H24N2. The van der Waals surface area contributed by atoms with Crippen LogP contribution >= 0.6 is 0 Å². The van der Waals surface area contributed by atoms with Crippen LogP contribution in [0.4, 0.5) is 5.69 Å². The fraction of sp³-hybridized carbons (Fsp3) is 0.500. The molecule has 1 aromatic carbocycles. The Morgan fingerprint density at radius 1 is 1.17 bits per heavy atom. The molecule has 0 unspecified atom stereocenters. The summed E-state index contributed by atoms with van der Waals surface area (Å²) in [4.78, 5) is 5.04. The Hall–Kier alpha value is -1.28. The number of hydrogen-bond acceptors (Lipinski definition) is 2. The van der Waals surface area contributed by atoms with Crippen LogP contribution in [0.15, 0.2) is 24.3 Å². The fourth-order valence-corrected chi connectivity index (χ4v) is 2.63. The molecule has 0 amide bonds. The normalized spacial score (nSPS) is 17.6. The van der Waals surface area contributed by atoms with Crippen LogP contribution in [-0.4, -0.2) is 37.6 Å². The third kappa shape index (κ3) is 2.75. The van der Waals surface area contributed by atoms with E-state index in [-0.39, 0.29) is 0 Å². The summed E-state index contributed by atoms with van der Waals surface area (Å²) in [5.41, 5.74) is 4.14. The molecule has 0 saturated carbocycles. The summed E-state index contributed by atoms with van der Waals surface area (Å²) in [5, 5.41) is 0. The van der Waals surface area contributed by atoms with Gasteiger partial charge in [0.15, 0.2) is 0 Å². The van der Waals surface area contributed by atoms with Gasteiger partial charge in [-0.1, -0.05) is 31.2 Å². The molecule has 0 spiro atoms. The van der Waals surface area contributed by atoms with Gasteiger partial charge < -0.3 is 9.80 Å². The first-order valence-corrected chi connectivity index (χ1v) is 6.96. The summed E-state index contributed by atoms with van der Waals surface area (Å²) in [6, 6.07) is 6.62. The Bertz CT molecular complexity index is 415. The highest BCUT2D eigenvalue weighted by atomic mass is 15.3. The van der Waals surface area contributed by atoms with Crippen LogP contribution in [0, 0.1) is 6.92 Å². The number of benzene rings is 1. The third-order valence-corrected chi connectivity index (χ3v) is 3.79. The van der Waals surface area contributed by atoms with Crippen LogP contribution in [0.1, 0.15) is 25.0 Å². The maximum atomic E-state index is 2.52. The maximum absolute atomic E-state index is 2.52. The zero-order valence-corrected chi connectivity index (χ0v) is 11.8. The lowest BCUT2D eigenvalue weighted by Crippen LogP contribution is -2.46. The highest BCUT2D eigenvalue weighted by Crippen LogP contribution is 2.26. The topological polar surface area (TPSA) is 6.48 Å². The molecule has 1 heterocycles. The van der Waals surface area contributed by atoms with E-state index in [1.54, 1.807) is 0 Å². The first-order valence-electron chi connectivity index (χ1n) is 6.96. The molecule has 0 bridgehead atoms. The van der Waals surface area contributed by atoms with E-state index in [9.17, 15) is 0 Å². The molecule has 1 aromatic rings. The zero-order chi connectivity index (χ0) is 13.0. The average Bonchev–Trinajstić information content (AvgIpc) is 2.41. The van der Waals surface area contributed by atoms with Crippen molar-refractivity contribution >= 4 is 11.8 Å². The molecule has 1 aliphatic rings. The van der Waals surface area contributed by atoms with Crippen LogP contribution in [0.3, 0.4) is 0 Å². The Kier molecular flexibility index (Phi) is 4.43. The van der Waals surface area contributed by atoms with Crippen molar-refractivity contribution in [1.29, 1.82) is 0 Å². The van der Waals surface area contributed by atoms with Gasteiger partial charge in [-0.3, -0.25) is 0 Å². The van der Waals surface area contributed by atoms with Gasteiger partial charge >= 0.3 is 0 Å². The lowest BCUT2D eigenvalue weighted by molar-refractivity contribution is 0.271. The van der Waals surface area contributed by atoms with Crippen LogP contribution < -0.4 is 4.90 Å². The monoisotopic (exact) mass is 244 g/mol. The van der Waals surface area contributed by atoms with Crippen molar-refractivity contribution in [3.63, 3.8) is 0 Å². The molecule has 98 valence electrons. The van der Waals surface area contributed by atoms with Crippen molar-refractivity contribution in [2.24, 2.45) is 0 Å². The largest absolute Gasteiger partial charge is 0.368 e. The SMILES string of the molecule is C/C=C\c1c(C)cccc1N1CCN(CC)CC1. The minimum Gasteiger partial charge on any atom is -0.368 e. The molecule has 0 radical (unpaired) electrons. The molecule has 0 aromatic heterocycles. The lowest BCUT2D eigenvalue weighted by Gasteiger charge is -2.36. The predicted molar refractivity (Wildman–Crippen MR) is 80.2 cm³/mol. The second-order valence-electron chi connectivity index (χ2n) is 4.93. The van der Waals surface area contributed by atoms with Gasteiger partial charge in [-0.15, -0.1) is 0 Å². The molecule has 2 nitrogen and oxygen atoms in total. The van der Waals surface area contributed by atoms with E-state index in [2.05, 4.69) is 60.9 Å². The second kappa shape index (κ2) is 6.05. The summed E-state index contributed by atoms with van der Waals surface area (Å²) in [5.74, 6) is 0. The molecule has 2 heteroatoms. The summed E-state index contributed by atoms with van der Waals surface area (Å²) in [7, 11) is 0. The van der Waals surface area contributed by atoms with E-state index >= 15 is 0 Å². The number of allylic oxidation sites excluding steroid dienone is 1. The quantitative estimate of drug-likeness (QED) is 0.806. The first-order chi connectivity index (χ1) is 8.76. The van der Waals surface area contributed by atoms with Gasteiger partial charge in [0.05, 0.1) is 0 Å². The van der Waals surface area contributed by atoms with E-state index in [1.165, 1.54) is 36.4 Å².